The number of hydrogen-bond acceptors (Lipinski definition) is 4. The molecule has 0 radical (unpaired) electrons. The summed E-state index contributed by atoms with van der Waals surface area (Å²) in [6.07, 6.45) is 0. The zero-order chi connectivity index (χ0) is 38.9. The monoisotopic (exact) mass is 788 g/mol. The Labute approximate surface area is 352 Å². The van der Waals surface area contributed by atoms with Crippen molar-refractivity contribution in [2.75, 3.05) is 9.80 Å². The van der Waals surface area contributed by atoms with Crippen molar-refractivity contribution < 1.29 is 0 Å². The maximum absolute atomic E-state index is 2.54. The predicted molar refractivity (Wildman–Crippen MR) is 250 cm³/mol. The number of benzene rings is 9. The van der Waals surface area contributed by atoms with Gasteiger partial charge in [0, 0.05) is 64.1 Å². The molecule has 2 aliphatic rings. The van der Waals surface area contributed by atoms with E-state index in [0.717, 1.165) is 34.1 Å². The number of thiophene rings is 1. The summed E-state index contributed by atoms with van der Waals surface area (Å²) >= 11 is 3.81. The lowest BCUT2D eigenvalue weighted by molar-refractivity contribution is 0.724. The van der Waals surface area contributed by atoms with Crippen molar-refractivity contribution in [3.8, 4) is 11.1 Å². The summed E-state index contributed by atoms with van der Waals surface area (Å²) in [5, 5.41) is 2.60. The first kappa shape index (κ1) is 34.2. The molecule has 2 nitrogen and oxygen atoms in total. The average Bonchev–Trinajstić information content (AvgIpc) is 3.80. The molecule has 12 rings (SSSR count). The highest BCUT2D eigenvalue weighted by Gasteiger charge is 2.50. The van der Waals surface area contributed by atoms with Gasteiger partial charge in [0.15, 0.2) is 0 Å². The first-order chi connectivity index (χ1) is 29.3. The molecule has 1 aliphatic carbocycles. The second-order valence-corrected chi connectivity index (χ2v) is 17.4. The molecule has 0 saturated carbocycles. The Morgan fingerprint density at radius 2 is 0.746 bits per heavy atom. The molecule has 0 N–H and O–H groups in total. The van der Waals surface area contributed by atoms with Crippen LogP contribution in [0.15, 0.2) is 228 Å². The molecule has 0 atom stereocenters. The van der Waals surface area contributed by atoms with Crippen LogP contribution in [0.2, 0.25) is 0 Å². The fourth-order valence-corrected chi connectivity index (χ4v) is 12.1. The largest absolute Gasteiger partial charge is 0.310 e. The van der Waals surface area contributed by atoms with Crippen LogP contribution in [0.1, 0.15) is 22.3 Å². The summed E-state index contributed by atoms with van der Waals surface area (Å²) < 4.78 is 2.59. The van der Waals surface area contributed by atoms with E-state index < -0.39 is 5.41 Å². The van der Waals surface area contributed by atoms with Crippen LogP contribution in [-0.2, 0) is 5.41 Å². The molecule has 9 aromatic carbocycles. The van der Waals surface area contributed by atoms with Crippen molar-refractivity contribution in [2.45, 2.75) is 15.2 Å². The van der Waals surface area contributed by atoms with E-state index in [1.807, 2.05) is 23.1 Å². The molecule has 0 amide bonds. The topological polar surface area (TPSA) is 6.48 Å². The minimum atomic E-state index is -0.480. The molecule has 278 valence electrons. The molecule has 10 aromatic rings. The van der Waals surface area contributed by atoms with Crippen molar-refractivity contribution in [2.24, 2.45) is 0 Å². The maximum atomic E-state index is 2.54. The van der Waals surface area contributed by atoms with Gasteiger partial charge in [-0.05, 0) is 118 Å². The molecule has 1 aromatic heterocycles. The molecule has 0 saturated heterocycles. The third kappa shape index (κ3) is 5.27. The minimum absolute atomic E-state index is 0.480. The molecular formula is C55H36N2S2. The molecule has 4 heteroatoms. The second-order valence-electron chi connectivity index (χ2n) is 15.3. The third-order valence-electron chi connectivity index (χ3n) is 12.1. The van der Waals surface area contributed by atoms with E-state index in [2.05, 4.69) is 228 Å². The number of para-hydroxylation sites is 4. The van der Waals surface area contributed by atoms with Gasteiger partial charge in [-0.15, -0.1) is 11.3 Å². The Hall–Kier alpha value is -6.85. The van der Waals surface area contributed by atoms with Crippen molar-refractivity contribution in [3.05, 3.63) is 241 Å². The normalized spacial score (nSPS) is 13.2. The Kier molecular flexibility index (Phi) is 7.90. The van der Waals surface area contributed by atoms with E-state index in [9.17, 15) is 0 Å². The molecule has 0 fully saturated rings. The SMILES string of the molecule is c1ccc(N(c2ccccc2)c2ccc3c(c2)Sc2cc4sc5cc(N(c6ccccc6)c6ccccc6)ccc5c4cc2C32c3ccccc3-c3ccccc32)cc1. The number of rotatable bonds is 6. The third-order valence-corrected chi connectivity index (χ3v) is 14.3. The van der Waals surface area contributed by atoms with E-state index in [1.54, 1.807) is 0 Å². The minimum Gasteiger partial charge on any atom is -0.310 e. The lowest BCUT2D eigenvalue weighted by atomic mass is 9.67. The van der Waals surface area contributed by atoms with Crippen LogP contribution in [0.5, 0.6) is 0 Å². The van der Waals surface area contributed by atoms with Crippen LogP contribution in [-0.4, -0.2) is 0 Å². The van der Waals surface area contributed by atoms with Gasteiger partial charge < -0.3 is 9.80 Å². The van der Waals surface area contributed by atoms with E-state index in [4.69, 9.17) is 0 Å². The highest BCUT2D eigenvalue weighted by molar-refractivity contribution is 7.99. The van der Waals surface area contributed by atoms with E-state index in [1.165, 1.54) is 63.3 Å². The predicted octanol–water partition coefficient (Wildman–Crippen LogP) is 15.8. The fraction of sp³-hybridized carbons (Fsp3) is 0.0182. The van der Waals surface area contributed by atoms with Gasteiger partial charge in [0.2, 0.25) is 0 Å². The zero-order valence-corrected chi connectivity index (χ0v) is 33.6. The number of nitrogens with zero attached hydrogens (tertiary/aromatic N) is 2. The molecule has 59 heavy (non-hydrogen) atoms. The molecule has 0 unspecified atom stereocenters. The highest BCUT2D eigenvalue weighted by atomic mass is 32.2. The van der Waals surface area contributed by atoms with Gasteiger partial charge in [0.05, 0.1) is 5.41 Å². The molecule has 2 heterocycles. The second kappa shape index (κ2) is 13.6. The first-order valence-electron chi connectivity index (χ1n) is 20.1. The van der Waals surface area contributed by atoms with E-state index in [0.29, 0.717) is 0 Å². The summed E-state index contributed by atoms with van der Waals surface area (Å²) in [6.45, 7) is 0. The number of hydrogen-bond donors (Lipinski definition) is 0. The smallest absolute Gasteiger partial charge is 0.0735 e. The fourth-order valence-electron chi connectivity index (χ4n) is 9.64. The summed E-state index contributed by atoms with van der Waals surface area (Å²) in [4.78, 5) is 7.32. The van der Waals surface area contributed by atoms with Gasteiger partial charge >= 0.3 is 0 Å². The van der Waals surface area contributed by atoms with Crippen LogP contribution in [0, 0.1) is 0 Å². The van der Waals surface area contributed by atoms with E-state index in [-0.39, 0.29) is 0 Å². The van der Waals surface area contributed by atoms with Crippen LogP contribution in [0.4, 0.5) is 34.1 Å². The van der Waals surface area contributed by atoms with Gasteiger partial charge in [0.25, 0.3) is 0 Å². The Morgan fingerprint density at radius 3 is 1.29 bits per heavy atom. The van der Waals surface area contributed by atoms with Crippen LogP contribution >= 0.6 is 23.1 Å². The number of anilines is 6. The summed E-state index contributed by atoms with van der Waals surface area (Å²) in [7, 11) is 0. The van der Waals surface area contributed by atoms with Gasteiger partial charge in [0.1, 0.15) is 0 Å². The van der Waals surface area contributed by atoms with Crippen molar-refractivity contribution in [1.82, 2.24) is 0 Å². The van der Waals surface area contributed by atoms with Crippen LogP contribution in [0.25, 0.3) is 31.3 Å². The summed E-state index contributed by atoms with van der Waals surface area (Å²) in [5.74, 6) is 0. The quantitative estimate of drug-likeness (QED) is 0.166. The summed E-state index contributed by atoms with van der Waals surface area (Å²) in [5.41, 5.74) is 14.4. The molecule has 0 bridgehead atoms. The van der Waals surface area contributed by atoms with Gasteiger partial charge in [-0.1, -0.05) is 145 Å². The summed E-state index contributed by atoms with van der Waals surface area (Å²) in [6, 6.07) is 80.2. The van der Waals surface area contributed by atoms with Crippen molar-refractivity contribution in [1.29, 1.82) is 0 Å². The van der Waals surface area contributed by atoms with Crippen LogP contribution < -0.4 is 9.80 Å². The number of fused-ring (bicyclic) bond motifs is 12. The molecule has 1 spiro atoms. The average molecular weight is 789 g/mol. The van der Waals surface area contributed by atoms with Gasteiger partial charge in [-0.25, -0.2) is 0 Å². The lowest BCUT2D eigenvalue weighted by Gasteiger charge is -2.40. The Bertz CT molecular complexity index is 3070. The first-order valence-corrected chi connectivity index (χ1v) is 21.7. The van der Waals surface area contributed by atoms with Crippen molar-refractivity contribution >= 4 is 77.4 Å². The maximum Gasteiger partial charge on any atom is 0.0735 e. The molecule has 1 aliphatic heterocycles. The standard InChI is InChI=1S/C55H36N2S2/c1-5-17-37(18-6-1)56(38-19-7-2-8-20-38)41-29-31-45-46-35-50-54(36-52(46)58-51(45)33-41)59-53-34-42(57(39-21-9-3-10-22-39)40-23-11-4-12-24-40)30-32-49(53)55(50)47-27-15-13-25-43(47)44-26-14-16-28-48(44)55/h1-36H. The zero-order valence-electron chi connectivity index (χ0n) is 32.0. The van der Waals surface area contributed by atoms with E-state index >= 15 is 0 Å². The van der Waals surface area contributed by atoms with Crippen LogP contribution in [0.3, 0.4) is 0 Å². The van der Waals surface area contributed by atoms with Gasteiger partial charge in [-0.2, -0.15) is 0 Å². The Balaban J connectivity index is 1.09. The Morgan fingerprint density at radius 1 is 0.305 bits per heavy atom. The molecular weight excluding hydrogens is 753 g/mol. The lowest BCUT2D eigenvalue weighted by Crippen LogP contribution is -2.32. The highest BCUT2D eigenvalue weighted by Crippen LogP contribution is 2.63. The van der Waals surface area contributed by atoms with Gasteiger partial charge in [-0.3, -0.25) is 0 Å². The van der Waals surface area contributed by atoms with Crippen molar-refractivity contribution in [3.63, 3.8) is 0 Å².